The van der Waals surface area contributed by atoms with E-state index in [0.29, 0.717) is 10.6 Å². The Hall–Kier alpha value is -3.92. The quantitative estimate of drug-likeness (QED) is 0.167. The summed E-state index contributed by atoms with van der Waals surface area (Å²) < 4.78 is 43.2. The van der Waals surface area contributed by atoms with Crippen molar-refractivity contribution >= 4 is 50.7 Å². The van der Waals surface area contributed by atoms with E-state index in [1.807, 2.05) is 30.3 Å². The molecule has 11 heteroatoms. The lowest BCUT2D eigenvalue weighted by atomic mass is 9.94. The number of sulfonamides is 1. The molecule has 1 fully saturated rings. The van der Waals surface area contributed by atoms with Crippen LogP contribution in [-0.2, 0) is 32.6 Å². The molecule has 246 valence electrons. The van der Waals surface area contributed by atoms with Crippen LogP contribution in [-0.4, -0.2) is 43.8 Å². The van der Waals surface area contributed by atoms with Crippen molar-refractivity contribution in [2.24, 2.45) is 0 Å². The van der Waals surface area contributed by atoms with Crippen LogP contribution in [0.4, 0.5) is 10.1 Å². The Kier molecular flexibility index (Phi) is 11.6. The maximum Gasteiger partial charge on any atom is 0.264 e. The highest BCUT2D eigenvalue weighted by Crippen LogP contribution is 2.29. The van der Waals surface area contributed by atoms with Gasteiger partial charge in [-0.15, -0.1) is 0 Å². The van der Waals surface area contributed by atoms with Gasteiger partial charge in [0, 0.05) is 24.0 Å². The van der Waals surface area contributed by atoms with Gasteiger partial charge >= 0.3 is 0 Å². The van der Waals surface area contributed by atoms with Crippen LogP contribution >= 0.6 is 23.2 Å². The summed E-state index contributed by atoms with van der Waals surface area (Å²) in [6, 6.07) is 26.4. The fraction of sp³-hybridized carbons (Fsp3) is 0.278. The van der Waals surface area contributed by atoms with Crippen LogP contribution < -0.4 is 9.62 Å². The van der Waals surface area contributed by atoms with Crippen molar-refractivity contribution in [2.75, 3.05) is 10.8 Å². The molecule has 1 saturated carbocycles. The maximum absolute atomic E-state index is 14.6. The van der Waals surface area contributed by atoms with Gasteiger partial charge in [-0.05, 0) is 66.4 Å². The van der Waals surface area contributed by atoms with Gasteiger partial charge in [-0.1, -0.05) is 103 Å². The molecule has 0 heterocycles. The van der Waals surface area contributed by atoms with Gasteiger partial charge in [0.1, 0.15) is 18.4 Å². The predicted molar refractivity (Wildman–Crippen MR) is 183 cm³/mol. The van der Waals surface area contributed by atoms with Gasteiger partial charge in [0.05, 0.1) is 15.6 Å². The molecule has 1 aliphatic rings. The van der Waals surface area contributed by atoms with E-state index in [1.54, 1.807) is 42.5 Å². The topological polar surface area (TPSA) is 86.8 Å². The minimum absolute atomic E-state index is 0.00584. The molecule has 0 saturated heterocycles. The highest BCUT2D eigenvalue weighted by Gasteiger charge is 2.35. The molecular weight excluding hydrogens is 660 g/mol. The second-order valence-corrected chi connectivity index (χ2v) is 14.3. The minimum atomic E-state index is -4.33. The van der Waals surface area contributed by atoms with Gasteiger partial charge in [0.2, 0.25) is 11.8 Å². The number of rotatable bonds is 12. The summed E-state index contributed by atoms with van der Waals surface area (Å²) in [5, 5.41) is 3.39. The van der Waals surface area contributed by atoms with Crippen LogP contribution in [0.3, 0.4) is 0 Å². The number of hydrogen-bond acceptors (Lipinski definition) is 4. The molecule has 7 nitrogen and oxygen atoms in total. The molecule has 5 rings (SSSR count). The number of benzene rings is 4. The average Bonchev–Trinajstić information content (AvgIpc) is 3.08. The molecule has 0 bridgehead atoms. The van der Waals surface area contributed by atoms with Gasteiger partial charge in [-0.3, -0.25) is 13.9 Å². The molecule has 1 N–H and O–H groups in total. The first-order valence-corrected chi connectivity index (χ1v) is 17.7. The molecule has 2 amide bonds. The normalized spacial score (nSPS) is 14.3. The highest BCUT2D eigenvalue weighted by atomic mass is 35.5. The zero-order valence-corrected chi connectivity index (χ0v) is 28.0. The largest absolute Gasteiger partial charge is 0.352 e. The first-order chi connectivity index (χ1) is 22.6. The number of nitrogens with one attached hydrogen (secondary N) is 1. The Labute approximate surface area is 285 Å². The molecule has 0 spiro atoms. The van der Waals surface area contributed by atoms with E-state index in [-0.39, 0.29) is 40.5 Å². The zero-order chi connectivity index (χ0) is 33.4. The first kappa shape index (κ1) is 34.4. The molecule has 4 aromatic carbocycles. The Morgan fingerprint density at radius 3 is 2.11 bits per heavy atom. The van der Waals surface area contributed by atoms with Crippen molar-refractivity contribution in [2.45, 2.75) is 62.0 Å². The van der Waals surface area contributed by atoms with Gasteiger partial charge in [-0.25, -0.2) is 12.8 Å². The van der Waals surface area contributed by atoms with Crippen molar-refractivity contribution in [3.05, 3.63) is 130 Å². The van der Waals surface area contributed by atoms with Crippen molar-refractivity contribution in [3.63, 3.8) is 0 Å². The van der Waals surface area contributed by atoms with Gasteiger partial charge in [-0.2, -0.15) is 0 Å². The van der Waals surface area contributed by atoms with Crippen LogP contribution in [0.1, 0.15) is 43.2 Å². The third-order valence-corrected chi connectivity index (χ3v) is 10.6. The van der Waals surface area contributed by atoms with Crippen molar-refractivity contribution in [1.82, 2.24) is 10.2 Å². The lowest BCUT2D eigenvalue weighted by Gasteiger charge is -2.35. The fourth-order valence-electron chi connectivity index (χ4n) is 5.77. The Morgan fingerprint density at radius 2 is 1.47 bits per heavy atom. The summed E-state index contributed by atoms with van der Waals surface area (Å²) in [6.45, 7) is -0.663. The Balaban J connectivity index is 1.56. The zero-order valence-electron chi connectivity index (χ0n) is 25.7. The summed E-state index contributed by atoms with van der Waals surface area (Å²) >= 11 is 12.2. The number of amides is 2. The lowest BCUT2D eigenvalue weighted by molar-refractivity contribution is -0.140. The van der Waals surface area contributed by atoms with Crippen LogP contribution in [0.2, 0.25) is 10.0 Å². The SMILES string of the molecule is O=C(NC1CCCCC1)[C@@H](Cc1ccccc1)N(Cc1ccc(Cl)cc1)C(=O)CN(c1ccc(F)c(Cl)c1)S(=O)(=O)c1ccccc1. The van der Waals surface area contributed by atoms with E-state index in [9.17, 15) is 22.4 Å². The van der Waals surface area contributed by atoms with Crippen LogP contribution in [0.5, 0.6) is 0 Å². The van der Waals surface area contributed by atoms with Gasteiger partial charge < -0.3 is 10.2 Å². The third-order valence-electron chi connectivity index (χ3n) is 8.29. The maximum atomic E-state index is 14.6. The molecular formula is C36H36Cl2FN3O4S. The first-order valence-electron chi connectivity index (χ1n) is 15.5. The highest BCUT2D eigenvalue weighted by molar-refractivity contribution is 7.92. The Bertz CT molecular complexity index is 1770. The summed E-state index contributed by atoms with van der Waals surface area (Å²) in [5.74, 6) is -1.67. The van der Waals surface area contributed by atoms with E-state index in [2.05, 4.69) is 5.32 Å². The molecule has 0 unspecified atom stereocenters. The predicted octanol–water partition coefficient (Wildman–Crippen LogP) is 7.42. The second-order valence-electron chi connectivity index (χ2n) is 11.6. The number of carbonyl (C=O) groups is 2. The van der Waals surface area contributed by atoms with E-state index in [1.165, 1.54) is 29.2 Å². The fourth-order valence-corrected chi connectivity index (χ4v) is 7.50. The summed E-state index contributed by atoms with van der Waals surface area (Å²) in [7, 11) is -4.33. The molecule has 0 radical (unpaired) electrons. The van der Waals surface area contributed by atoms with Gasteiger partial charge in [0.15, 0.2) is 0 Å². The van der Waals surface area contributed by atoms with E-state index in [0.717, 1.165) is 48.0 Å². The molecule has 4 aromatic rings. The van der Waals surface area contributed by atoms with Crippen LogP contribution in [0.15, 0.2) is 108 Å². The van der Waals surface area contributed by atoms with Crippen LogP contribution in [0.25, 0.3) is 0 Å². The second kappa shape index (κ2) is 15.8. The monoisotopic (exact) mass is 695 g/mol. The molecule has 1 aliphatic carbocycles. The summed E-state index contributed by atoms with van der Waals surface area (Å²) in [4.78, 5) is 30.1. The standard InChI is InChI=1S/C36H36Cl2FN3O4S/c37-28-18-16-27(17-19-28)24-41(34(22-26-10-4-1-5-11-26)36(44)40-29-12-6-2-7-13-29)35(43)25-42(30-20-21-33(39)32(38)23-30)47(45,46)31-14-8-3-9-15-31/h1,3-5,8-11,14-21,23,29,34H,2,6-7,12-13,22,24-25H2,(H,40,44)/t34-/m1/s1. The summed E-state index contributed by atoms with van der Waals surface area (Å²) in [6.07, 6.45) is 5.03. The van der Waals surface area contributed by atoms with Crippen LogP contribution in [0, 0.1) is 5.82 Å². The average molecular weight is 697 g/mol. The molecule has 47 heavy (non-hydrogen) atoms. The molecule has 1 atom stereocenters. The number of anilines is 1. The van der Waals surface area contributed by atoms with Gasteiger partial charge in [0.25, 0.3) is 10.0 Å². The van der Waals surface area contributed by atoms with Crippen molar-refractivity contribution in [1.29, 1.82) is 0 Å². The smallest absolute Gasteiger partial charge is 0.264 e. The number of hydrogen-bond donors (Lipinski definition) is 1. The minimum Gasteiger partial charge on any atom is -0.352 e. The lowest BCUT2D eigenvalue weighted by Crippen LogP contribution is -2.55. The number of halogens is 3. The molecule has 0 aromatic heterocycles. The number of nitrogens with zero attached hydrogens (tertiary/aromatic N) is 2. The van der Waals surface area contributed by atoms with E-state index in [4.69, 9.17) is 23.2 Å². The number of carbonyl (C=O) groups excluding carboxylic acids is 2. The van der Waals surface area contributed by atoms with E-state index < -0.39 is 34.3 Å². The van der Waals surface area contributed by atoms with E-state index >= 15 is 0 Å². The summed E-state index contributed by atoms with van der Waals surface area (Å²) in [5.41, 5.74) is 1.55. The van der Waals surface area contributed by atoms with Crippen molar-refractivity contribution < 1.29 is 22.4 Å². The third kappa shape index (κ3) is 8.91. The molecule has 0 aliphatic heterocycles. The van der Waals surface area contributed by atoms with Crippen molar-refractivity contribution in [3.8, 4) is 0 Å². The Morgan fingerprint density at radius 1 is 0.830 bits per heavy atom.